The fraction of sp³-hybridized carbons (Fsp3) is 0.182. The summed E-state index contributed by atoms with van der Waals surface area (Å²) in [6, 6.07) is 3.78. The van der Waals surface area contributed by atoms with Crippen molar-refractivity contribution in [1.82, 2.24) is 4.90 Å². The van der Waals surface area contributed by atoms with Gasteiger partial charge >= 0.3 is 0 Å². The Morgan fingerprint density at radius 2 is 2.29 bits per heavy atom. The fourth-order valence-corrected chi connectivity index (χ4v) is 3.45. The lowest BCUT2D eigenvalue weighted by atomic mass is 10.3. The van der Waals surface area contributed by atoms with Crippen molar-refractivity contribution in [1.29, 1.82) is 0 Å². The Morgan fingerprint density at radius 1 is 1.53 bits per heavy atom. The average Bonchev–Trinajstić information content (AvgIpc) is 2.86. The molecule has 2 aromatic rings. The van der Waals surface area contributed by atoms with Gasteiger partial charge in [-0.2, -0.15) is 0 Å². The molecule has 3 nitrogen and oxygen atoms in total. The van der Waals surface area contributed by atoms with Crippen molar-refractivity contribution in [2.24, 2.45) is 0 Å². The minimum absolute atomic E-state index is 0.0279. The Kier molecular flexibility index (Phi) is 3.86. The average molecular weight is 331 g/mol. The van der Waals surface area contributed by atoms with Crippen LogP contribution < -0.4 is 5.73 Å². The molecule has 1 amide bonds. The van der Waals surface area contributed by atoms with Gasteiger partial charge in [0.1, 0.15) is 4.88 Å². The second-order valence-electron chi connectivity index (χ2n) is 3.63. The van der Waals surface area contributed by atoms with Gasteiger partial charge in [-0.05, 0) is 44.4 Å². The van der Waals surface area contributed by atoms with Crippen molar-refractivity contribution in [3.8, 4) is 0 Å². The standard InChI is InChI=1S/C11H11BrN2OS2/c1-14(5-7-4-9(12)17-6-7)11(15)10-8(13)2-3-16-10/h2-4,6H,5,13H2,1H3. The van der Waals surface area contributed by atoms with E-state index in [1.54, 1.807) is 29.4 Å². The third-order valence-corrected chi connectivity index (χ3v) is 4.75. The van der Waals surface area contributed by atoms with E-state index >= 15 is 0 Å². The first-order valence-electron chi connectivity index (χ1n) is 4.89. The molecule has 2 heterocycles. The van der Waals surface area contributed by atoms with E-state index in [0.29, 0.717) is 17.1 Å². The van der Waals surface area contributed by atoms with E-state index in [1.807, 2.05) is 16.8 Å². The number of rotatable bonds is 3. The summed E-state index contributed by atoms with van der Waals surface area (Å²) in [6.45, 7) is 0.596. The molecule has 2 rings (SSSR count). The van der Waals surface area contributed by atoms with E-state index in [1.165, 1.54) is 11.3 Å². The minimum atomic E-state index is -0.0279. The lowest BCUT2D eigenvalue weighted by Crippen LogP contribution is -2.25. The van der Waals surface area contributed by atoms with Gasteiger partial charge in [-0.3, -0.25) is 4.79 Å². The Balaban J connectivity index is 2.08. The van der Waals surface area contributed by atoms with Gasteiger partial charge in [-0.15, -0.1) is 22.7 Å². The number of nitrogen functional groups attached to an aromatic ring is 1. The molecule has 0 saturated heterocycles. The number of nitrogens with zero attached hydrogens (tertiary/aromatic N) is 1. The number of halogens is 1. The Morgan fingerprint density at radius 3 is 2.82 bits per heavy atom. The number of hydrogen-bond acceptors (Lipinski definition) is 4. The predicted molar refractivity (Wildman–Crippen MR) is 76.5 cm³/mol. The van der Waals surface area contributed by atoms with Crippen molar-refractivity contribution in [2.75, 3.05) is 12.8 Å². The third-order valence-electron chi connectivity index (χ3n) is 2.28. The minimum Gasteiger partial charge on any atom is -0.397 e. The van der Waals surface area contributed by atoms with Crippen LogP contribution in [0.4, 0.5) is 5.69 Å². The zero-order valence-corrected chi connectivity index (χ0v) is 12.4. The van der Waals surface area contributed by atoms with Crippen LogP contribution in [0.2, 0.25) is 0 Å². The summed E-state index contributed by atoms with van der Waals surface area (Å²) in [5.74, 6) is -0.0279. The second-order valence-corrected chi connectivity index (χ2v) is 6.83. The molecule has 0 aliphatic rings. The van der Waals surface area contributed by atoms with E-state index < -0.39 is 0 Å². The number of carbonyl (C=O) groups excluding carboxylic acids is 1. The molecular formula is C11H11BrN2OS2. The number of carbonyl (C=O) groups is 1. The van der Waals surface area contributed by atoms with Crippen LogP contribution in [0.1, 0.15) is 15.2 Å². The molecule has 0 saturated carbocycles. The van der Waals surface area contributed by atoms with Crippen molar-refractivity contribution >= 4 is 50.2 Å². The smallest absolute Gasteiger partial charge is 0.266 e. The summed E-state index contributed by atoms with van der Waals surface area (Å²) in [5.41, 5.74) is 7.41. The van der Waals surface area contributed by atoms with E-state index in [2.05, 4.69) is 15.9 Å². The number of anilines is 1. The molecule has 0 aromatic carbocycles. The maximum absolute atomic E-state index is 12.1. The number of thiophene rings is 2. The molecule has 0 aliphatic carbocycles. The Hall–Kier alpha value is -0.850. The molecule has 2 N–H and O–H groups in total. The fourth-order valence-electron chi connectivity index (χ4n) is 1.44. The topological polar surface area (TPSA) is 46.3 Å². The van der Waals surface area contributed by atoms with E-state index in [9.17, 15) is 4.79 Å². The van der Waals surface area contributed by atoms with E-state index in [-0.39, 0.29) is 5.91 Å². The first-order valence-corrected chi connectivity index (χ1v) is 7.44. The SMILES string of the molecule is CN(Cc1csc(Br)c1)C(=O)c1sccc1N. The highest BCUT2D eigenvalue weighted by molar-refractivity contribution is 9.11. The molecule has 0 unspecified atom stereocenters. The largest absolute Gasteiger partial charge is 0.397 e. The van der Waals surface area contributed by atoms with Crippen LogP contribution in [0, 0.1) is 0 Å². The zero-order chi connectivity index (χ0) is 12.4. The monoisotopic (exact) mass is 330 g/mol. The molecule has 2 aromatic heterocycles. The van der Waals surface area contributed by atoms with Crippen LogP contribution in [0.5, 0.6) is 0 Å². The summed E-state index contributed by atoms with van der Waals surface area (Å²) in [7, 11) is 1.78. The van der Waals surface area contributed by atoms with Gasteiger partial charge in [-0.1, -0.05) is 0 Å². The first kappa shape index (κ1) is 12.6. The van der Waals surface area contributed by atoms with Crippen molar-refractivity contribution in [2.45, 2.75) is 6.54 Å². The quantitative estimate of drug-likeness (QED) is 0.937. The molecule has 6 heteroatoms. The van der Waals surface area contributed by atoms with Gasteiger partial charge in [0.05, 0.1) is 9.47 Å². The summed E-state index contributed by atoms with van der Waals surface area (Å²) in [6.07, 6.45) is 0. The van der Waals surface area contributed by atoms with E-state index in [4.69, 9.17) is 5.73 Å². The van der Waals surface area contributed by atoms with Gasteiger partial charge in [0.15, 0.2) is 0 Å². The maximum atomic E-state index is 12.1. The highest BCUT2D eigenvalue weighted by atomic mass is 79.9. The van der Waals surface area contributed by atoms with Gasteiger partial charge < -0.3 is 10.6 Å². The molecule has 0 spiro atoms. The highest BCUT2D eigenvalue weighted by Crippen LogP contribution is 2.24. The molecule has 90 valence electrons. The zero-order valence-electron chi connectivity index (χ0n) is 9.14. The van der Waals surface area contributed by atoms with Crippen LogP contribution in [-0.2, 0) is 6.54 Å². The van der Waals surface area contributed by atoms with Crippen LogP contribution in [-0.4, -0.2) is 17.9 Å². The van der Waals surface area contributed by atoms with Crippen LogP contribution in [0.25, 0.3) is 0 Å². The summed E-state index contributed by atoms with van der Waals surface area (Å²) >= 11 is 6.40. The first-order chi connectivity index (χ1) is 8.08. The molecule has 0 fully saturated rings. The molecule has 0 radical (unpaired) electrons. The summed E-state index contributed by atoms with van der Waals surface area (Å²) in [4.78, 5) is 14.4. The second kappa shape index (κ2) is 5.20. The molecule has 0 atom stereocenters. The molecular weight excluding hydrogens is 320 g/mol. The van der Waals surface area contributed by atoms with Gasteiger partial charge in [0, 0.05) is 13.6 Å². The lowest BCUT2D eigenvalue weighted by Gasteiger charge is -2.15. The van der Waals surface area contributed by atoms with Crippen LogP contribution in [0.3, 0.4) is 0 Å². The highest BCUT2D eigenvalue weighted by Gasteiger charge is 2.16. The normalized spacial score (nSPS) is 10.5. The van der Waals surface area contributed by atoms with Crippen LogP contribution >= 0.6 is 38.6 Å². The van der Waals surface area contributed by atoms with E-state index in [0.717, 1.165) is 9.35 Å². The molecule has 0 aliphatic heterocycles. The lowest BCUT2D eigenvalue weighted by molar-refractivity contribution is 0.0791. The number of nitrogens with two attached hydrogens (primary N) is 1. The maximum Gasteiger partial charge on any atom is 0.266 e. The van der Waals surface area contributed by atoms with Crippen molar-refractivity contribution in [3.05, 3.63) is 37.1 Å². The molecule has 17 heavy (non-hydrogen) atoms. The van der Waals surface area contributed by atoms with Crippen molar-refractivity contribution < 1.29 is 4.79 Å². The summed E-state index contributed by atoms with van der Waals surface area (Å²) < 4.78 is 1.07. The third kappa shape index (κ3) is 2.88. The van der Waals surface area contributed by atoms with Gasteiger partial charge in [0.25, 0.3) is 5.91 Å². The number of amides is 1. The number of hydrogen-bond donors (Lipinski definition) is 1. The van der Waals surface area contributed by atoms with Crippen molar-refractivity contribution in [3.63, 3.8) is 0 Å². The predicted octanol–water partition coefficient (Wildman–Crippen LogP) is 3.43. The van der Waals surface area contributed by atoms with Gasteiger partial charge in [-0.25, -0.2) is 0 Å². The Labute approximate surface area is 116 Å². The van der Waals surface area contributed by atoms with Gasteiger partial charge in [0.2, 0.25) is 0 Å². The summed E-state index contributed by atoms with van der Waals surface area (Å²) in [5, 5.41) is 3.86. The Bertz CT molecular complexity index is 535. The molecule has 0 bridgehead atoms. The van der Waals surface area contributed by atoms with Crippen LogP contribution in [0.15, 0.2) is 26.7 Å².